The highest BCUT2D eigenvalue weighted by atomic mass is 32.1. The Labute approximate surface area is 145 Å². The number of para-hydroxylation sites is 1. The normalized spacial score (nSPS) is 16.8. The molecule has 1 atom stereocenters. The topological polar surface area (TPSA) is 58.6 Å². The van der Waals surface area contributed by atoms with E-state index in [-0.39, 0.29) is 17.9 Å². The van der Waals surface area contributed by atoms with E-state index in [1.165, 1.54) is 11.3 Å². The van der Waals surface area contributed by atoms with Gasteiger partial charge in [0.15, 0.2) is 0 Å². The van der Waals surface area contributed by atoms with Crippen molar-refractivity contribution in [2.24, 2.45) is 0 Å². The van der Waals surface area contributed by atoms with Crippen molar-refractivity contribution >= 4 is 23.2 Å². The zero-order valence-electron chi connectivity index (χ0n) is 13.3. The monoisotopic (exact) mass is 344 g/mol. The molecule has 1 aromatic carbocycles. The molecule has 0 unspecified atom stereocenters. The van der Waals surface area contributed by atoms with Crippen LogP contribution in [0.4, 0.5) is 0 Å². The van der Waals surface area contributed by atoms with Gasteiger partial charge in [-0.1, -0.05) is 24.3 Å². The van der Waals surface area contributed by atoms with Gasteiger partial charge in [-0.25, -0.2) is 0 Å². The quantitative estimate of drug-likeness (QED) is 0.820. The number of rotatable bonds is 6. The Morgan fingerprint density at radius 1 is 1.21 bits per heavy atom. The van der Waals surface area contributed by atoms with Crippen molar-refractivity contribution in [3.63, 3.8) is 0 Å². The molecule has 3 rings (SSSR count). The van der Waals surface area contributed by atoms with E-state index in [1.54, 1.807) is 11.0 Å². The Balaban J connectivity index is 1.48. The highest BCUT2D eigenvalue weighted by molar-refractivity contribution is 7.12. The lowest BCUT2D eigenvalue weighted by molar-refractivity contribution is -0.124. The summed E-state index contributed by atoms with van der Waals surface area (Å²) in [4.78, 5) is 27.2. The molecule has 2 aromatic rings. The molecule has 0 aliphatic carbocycles. The van der Waals surface area contributed by atoms with Crippen LogP contribution < -0.4 is 10.1 Å². The molecule has 0 saturated carbocycles. The number of carbonyl (C=O) groups excluding carboxylic acids is 2. The van der Waals surface area contributed by atoms with Crippen LogP contribution in [0.2, 0.25) is 0 Å². The summed E-state index contributed by atoms with van der Waals surface area (Å²) in [5.74, 6) is 0.624. The molecule has 6 heteroatoms. The van der Waals surface area contributed by atoms with Crippen LogP contribution in [0.25, 0.3) is 0 Å². The van der Waals surface area contributed by atoms with E-state index in [0.29, 0.717) is 31.0 Å². The van der Waals surface area contributed by atoms with E-state index in [0.717, 1.165) is 12.2 Å². The van der Waals surface area contributed by atoms with Crippen LogP contribution >= 0.6 is 11.3 Å². The molecule has 126 valence electrons. The predicted molar refractivity (Wildman–Crippen MR) is 93.3 cm³/mol. The van der Waals surface area contributed by atoms with Crippen LogP contribution in [-0.4, -0.2) is 42.5 Å². The summed E-state index contributed by atoms with van der Waals surface area (Å²) in [6.45, 7) is 1.46. The van der Waals surface area contributed by atoms with Crippen molar-refractivity contribution in [1.82, 2.24) is 10.2 Å². The third-order valence-corrected chi connectivity index (χ3v) is 4.82. The molecular weight excluding hydrogens is 324 g/mol. The van der Waals surface area contributed by atoms with E-state index < -0.39 is 0 Å². The van der Waals surface area contributed by atoms with Crippen LogP contribution in [-0.2, 0) is 4.79 Å². The van der Waals surface area contributed by atoms with Crippen molar-refractivity contribution in [3.8, 4) is 5.75 Å². The fourth-order valence-corrected chi connectivity index (χ4v) is 3.48. The van der Waals surface area contributed by atoms with Crippen LogP contribution in [0.3, 0.4) is 0 Å². The summed E-state index contributed by atoms with van der Waals surface area (Å²) >= 11 is 1.41. The van der Waals surface area contributed by atoms with E-state index in [9.17, 15) is 9.59 Å². The zero-order chi connectivity index (χ0) is 16.8. The van der Waals surface area contributed by atoms with E-state index in [4.69, 9.17) is 4.74 Å². The molecule has 1 aliphatic heterocycles. The fraction of sp³-hybridized carbons (Fsp3) is 0.333. The van der Waals surface area contributed by atoms with Crippen molar-refractivity contribution in [2.45, 2.75) is 18.9 Å². The van der Waals surface area contributed by atoms with Gasteiger partial charge >= 0.3 is 0 Å². The summed E-state index contributed by atoms with van der Waals surface area (Å²) in [6, 6.07) is 12.8. The lowest BCUT2D eigenvalue weighted by Gasteiger charge is -2.23. The third kappa shape index (κ3) is 3.94. The van der Waals surface area contributed by atoms with Crippen molar-refractivity contribution < 1.29 is 14.3 Å². The van der Waals surface area contributed by atoms with E-state index >= 15 is 0 Å². The molecule has 1 aromatic heterocycles. The number of hydrogen-bond acceptors (Lipinski definition) is 4. The predicted octanol–water partition coefficient (Wildman–Crippen LogP) is 2.55. The Morgan fingerprint density at radius 2 is 2.04 bits per heavy atom. The summed E-state index contributed by atoms with van der Waals surface area (Å²) < 4.78 is 5.56. The summed E-state index contributed by atoms with van der Waals surface area (Å²) in [5, 5.41) is 4.74. The maximum atomic E-state index is 12.5. The van der Waals surface area contributed by atoms with Gasteiger partial charge in [0.1, 0.15) is 18.4 Å². The van der Waals surface area contributed by atoms with Crippen molar-refractivity contribution in [2.75, 3.05) is 19.7 Å². The number of ether oxygens (including phenoxy) is 1. The summed E-state index contributed by atoms with van der Waals surface area (Å²) in [7, 11) is 0. The first-order valence-corrected chi connectivity index (χ1v) is 8.94. The fourth-order valence-electron chi connectivity index (χ4n) is 2.80. The molecular formula is C18H20N2O3S. The molecule has 0 radical (unpaired) electrons. The van der Waals surface area contributed by atoms with E-state index in [2.05, 4.69) is 5.32 Å². The van der Waals surface area contributed by atoms with Gasteiger partial charge in [-0.05, 0) is 36.4 Å². The van der Waals surface area contributed by atoms with E-state index in [1.807, 2.05) is 41.8 Å². The van der Waals surface area contributed by atoms with Gasteiger partial charge in [-0.2, -0.15) is 0 Å². The standard InChI is InChI=1S/C18H20N2O3S/c21-17(19-10-12-23-14-6-2-1-3-7-14)15-8-4-11-20(15)18(22)16-9-5-13-24-16/h1-3,5-7,9,13,15H,4,8,10-12H2,(H,19,21)/t15-/m1/s1. The Bertz CT molecular complexity index is 673. The second kappa shape index (κ2) is 7.97. The number of nitrogens with zero attached hydrogens (tertiary/aromatic N) is 1. The van der Waals surface area contributed by atoms with Crippen molar-refractivity contribution in [1.29, 1.82) is 0 Å². The molecule has 24 heavy (non-hydrogen) atoms. The average molecular weight is 344 g/mol. The first-order chi connectivity index (χ1) is 11.8. The smallest absolute Gasteiger partial charge is 0.264 e. The minimum Gasteiger partial charge on any atom is -0.492 e. The Kier molecular flexibility index (Phi) is 5.48. The first kappa shape index (κ1) is 16.5. The molecule has 1 N–H and O–H groups in total. The minimum atomic E-state index is -0.378. The number of benzene rings is 1. The SMILES string of the molecule is O=C(NCCOc1ccccc1)[C@H]1CCCN1C(=O)c1cccs1. The van der Waals surface area contributed by atoms with Crippen LogP contribution in [0.1, 0.15) is 22.5 Å². The highest BCUT2D eigenvalue weighted by Gasteiger charge is 2.34. The summed E-state index contributed by atoms with van der Waals surface area (Å²) in [5.41, 5.74) is 0. The maximum Gasteiger partial charge on any atom is 0.264 e. The minimum absolute atomic E-state index is 0.0526. The number of likely N-dealkylation sites (tertiary alicyclic amines) is 1. The Hall–Kier alpha value is -2.34. The number of hydrogen-bond donors (Lipinski definition) is 1. The van der Waals surface area contributed by atoms with Crippen LogP contribution in [0.5, 0.6) is 5.75 Å². The average Bonchev–Trinajstić information content (AvgIpc) is 3.30. The third-order valence-electron chi connectivity index (χ3n) is 3.96. The molecule has 5 nitrogen and oxygen atoms in total. The van der Waals surface area contributed by atoms with Gasteiger partial charge < -0.3 is 15.0 Å². The second-order valence-electron chi connectivity index (χ2n) is 5.59. The molecule has 1 fully saturated rings. The van der Waals surface area contributed by atoms with Gasteiger partial charge in [-0.3, -0.25) is 9.59 Å². The second-order valence-corrected chi connectivity index (χ2v) is 6.53. The lowest BCUT2D eigenvalue weighted by atomic mass is 10.2. The van der Waals surface area contributed by atoms with Gasteiger partial charge in [0.05, 0.1) is 11.4 Å². The van der Waals surface area contributed by atoms with Crippen molar-refractivity contribution in [3.05, 3.63) is 52.7 Å². The number of carbonyl (C=O) groups is 2. The molecule has 0 spiro atoms. The zero-order valence-corrected chi connectivity index (χ0v) is 14.1. The molecule has 0 bridgehead atoms. The number of amides is 2. The van der Waals surface area contributed by atoms with Gasteiger partial charge in [0.2, 0.25) is 5.91 Å². The van der Waals surface area contributed by atoms with Gasteiger partial charge in [-0.15, -0.1) is 11.3 Å². The highest BCUT2D eigenvalue weighted by Crippen LogP contribution is 2.22. The molecule has 1 saturated heterocycles. The number of nitrogens with one attached hydrogen (secondary N) is 1. The first-order valence-electron chi connectivity index (χ1n) is 8.06. The number of thiophene rings is 1. The largest absolute Gasteiger partial charge is 0.492 e. The molecule has 2 heterocycles. The Morgan fingerprint density at radius 3 is 2.79 bits per heavy atom. The lowest BCUT2D eigenvalue weighted by Crippen LogP contribution is -2.46. The van der Waals surface area contributed by atoms with Gasteiger partial charge in [0.25, 0.3) is 5.91 Å². The molecule has 2 amide bonds. The maximum absolute atomic E-state index is 12.5. The molecule has 1 aliphatic rings. The van der Waals surface area contributed by atoms with Crippen LogP contribution in [0.15, 0.2) is 47.8 Å². The summed E-state index contributed by atoms with van der Waals surface area (Å²) in [6.07, 6.45) is 1.57. The van der Waals surface area contributed by atoms with Gasteiger partial charge in [0, 0.05) is 6.54 Å². The van der Waals surface area contributed by atoms with Crippen LogP contribution in [0, 0.1) is 0 Å².